The number of rotatable bonds is 32. The average Bonchev–Trinajstić information content (AvgIpc) is 0.709. The van der Waals surface area contributed by atoms with Gasteiger partial charge in [0.15, 0.2) is 11.6 Å². The molecule has 29 heteroatoms. The molecule has 5 N–H and O–H groups in total. The van der Waals surface area contributed by atoms with Crippen molar-refractivity contribution in [2.45, 2.75) is 87.7 Å². The van der Waals surface area contributed by atoms with Gasteiger partial charge in [0, 0.05) is 113 Å². The maximum Gasteiger partial charge on any atom is 0.264 e. The van der Waals surface area contributed by atoms with Crippen LogP contribution in [0, 0.1) is 51.2 Å². The molecular formula is C87H92ClN23O5. The fraction of sp³-hybridized carbons (Fsp3) is 0.322. The van der Waals surface area contributed by atoms with Gasteiger partial charge in [-0.05, 0) is 89.2 Å². The predicted octanol–water partition coefficient (Wildman–Crippen LogP) is 10.8. The molecule has 1 saturated carbocycles. The lowest BCUT2D eigenvalue weighted by atomic mass is 9.74. The molecule has 3 amide bonds. The summed E-state index contributed by atoms with van der Waals surface area (Å²) in [5, 5.41) is 48.1. The zero-order valence-corrected chi connectivity index (χ0v) is 65.6. The van der Waals surface area contributed by atoms with Crippen LogP contribution in [0.4, 0.5) is 46.9 Å². The second-order valence-electron chi connectivity index (χ2n) is 28.4. The molecule has 0 bridgehead atoms. The van der Waals surface area contributed by atoms with E-state index in [1.165, 1.54) is 29.2 Å². The summed E-state index contributed by atoms with van der Waals surface area (Å²) in [6.45, 7) is 3.89. The molecule has 1 unspecified atom stereocenters. The number of piperazine rings is 1. The Kier molecular flexibility index (Phi) is 28.1. The summed E-state index contributed by atoms with van der Waals surface area (Å²) in [6, 6.07) is 66.1. The molecule has 592 valence electrons. The van der Waals surface area contributed by atoms with Crippen molar-refractivity contribution in [3.8, 4) is 30.0 Å². The lowest BCUT2D eigenvalue weighted by Crippen LogP contribution is -2.74. The average molecular weight is 1580 g/mol. The van der Waals surface area contributed by atoms with Crippen LogP contribution >= 0.6 is 11.6 Å². The number of para-hydroxylation sites is 1. The molecule has 116 heavy (non-hydrogen) atoms. The van der Waals surface area contributed by atoms with Crippen molar-refractivity contribution >= 4 is 76.3 Å². The number of halogens is 1. The van der Waals surface area contributed by atoms with Crippen molar-refractivity contribution in [1.29, 1.82) is 21.0 Å². The molecule has 6 aromatic carbocycles. The minimum absolute atomic E-state index is 0.00619. The molecule has 3 fully saturated rings. The third-order valence-electron chi connectivity index (χ3n) is 21.1. The first-order valence-electron chi connectivity index (χ1n) is 38.6. The lowest BCUT2D eigenvalue weighted by molar-refractivity contribution is -0.154. The predicted molar refractivity (Wildman–Crippen MR) is 444 cm³/mol. The van der Waals surface area contributed by atoms with Gasteiger partial charge in [-0.15, -0.1) is 0 Å². The number of aromatic nitrogens is 8. The number of anilines is 8. The SMILES string of the molecule is CN(Cc1ccccc1)c1nccc(N(CC#N)[C@@H](Cc2ccccc2)C(N)=O)n1.COc1ccccc1C(C#N)N(C(=O)[C@@](CC1CCCCC1)(c1ccnc(N2CCOCC2)n1)N(CC#N)c1ccnc(N2CCN(c3ccc(Cl)cc3)CC2)n1)[C@@](Cc1ccccc1)(C(N)=O)N(CC#N)c1ccnc(NCc2ccccc2)n1. The minimum atomic E-state index is -2.53. The molecule has 4 aromatic heterocycles. The molecular weight excluding hydrogens is 1480 g/mol. The number of carbonyl (C=O) groups excluding carboxylic acids is 3. The van der Waals surface area contributed by atoms with E-state index in [1.807, 2.05) is 138 Å². The van der Waals surface area contributed by atoms with Gasteiger partial charge in [0.2, 0.25) is 35.4 Å². The van der Waals surface area contributed by atoms with Crippen molar-refractivity contribution in [2.75, 3.05) is 126 Å². The van der Waals surface area contributed by atoms with Crippen molar-refractivity contribution in [2.24, 2.45) is 17.4 Å². The number of benzene rings is 6. The van der Waals surface area contributed by atoms with Crippen LogP contribution in [0.1, 0.15) is 78.1 Å². The summed E-state index contributed by atoms with van der Waals surface area (Å²) in [6.07, 6.45) is 10.4. The highest BCUT2D eigenvalue weighted by atomic mass is 35.5. The third kappa shape index (κ3) is 19.6. The van der Waals surface area contributed by atoms with E-state index in [4.69, 9.17) is 57.5 Å². The van der Waals surface area contributed by atoms with Crippen molar-refractivity contribution < 1.29 is 23.9 Å². The second kappa shape index (κ2) is 39.8. The first-order valence-corrected chi connectivity index (χ1v) is 39.0. The Morgan fingerprint density at radius 1 is 0.595 bits per heavy atom. The molecule has 2 aliphatic heterocycles. The van der Waals surface area contributed by atoms with E-state index in [9.17, 15) is 25.8 Å². The number of hydrogen-bond acceptors (Lipinski definition) is 25. The maximum atomic E-state index is 18.4. The number of nitrogens with two attached hydrogens (primary N) is 2. The number of nitriles is 4. The van der Waals surface area contributed by atoms with Crippen LogP contribution in [-0.2, 0) is 50.6 Å². The summed E-state index contributed by atoms with van der Waals surface area (Å²) in [4.78, 5) is 99.7. The van der Waals surface area contributed by atoms with E-state index in [1.54, 1.807) is 95.1 Å². The van der Waals surface area contributed by atoms with Gasteiger partial charge in [-0.1, -0.05) is 183 Å². The molecule has 13 rings (SSSR count). The summed E-state index contributed by atoms with van der Waals surface area (Å²) in [5.41, 5.74) is 13.0. The molecule has 10 aromatic rings. The Balaban J connectivity index is 0.000000346. The van der Waals surface area contributed by atoms with Gasteiger partial charge in [0.05, 0.1) is 50.3 Å². The fourth-order valence-corrected chi connectivity index (χ4v) is 15.5. The van der Waals surface area contributed by atoms with Gasteiger partial charge in [-0.3, -0.25) is 19.3 Å². The molecule has 1 aliphatic carbocycles. The summed E-state index contributed by atoms with van der Waals surface area (Å²) < 4.78 is 11.8. The van der Waals surface area contributed by atoms with Crippen LogP contribution in [0.5, 0.6) is 5.75 Å². The topological polar surface area (TPSA) is 358 Å². The van der Waals surface area contributed by atoms with E-state index in [2.05, 4.69) is 54.3 Å². The number of hydrogen-bond donors (Lipinski definition) is 3. The molecule has 2 saturated heterocycles. The van der Waals surface area contributed by atoms with Crippen LogP contribution in [-0.4, -0.2) is 160 Å². The highest BCUT2D eigenvalue weighted by molar-refractivity contribution is 6.30. The van der Waals surface area contributed by atoms with Gasteiger partial charge < -0.3 is 60.6 Å². The highest BCUT2D eigenvalue weighted by Gasteiger charge is 2.62. The zero-order chi connectivity index (χ0) is 81.2. The molecule has 0 radical (unpaired) electrons. The summed E-state index contributed by atoms with van der Waals surface area (Å²) in [5.74, 6) is -0.429. The number of nitrogens with one attached hydrogen (secondary N) is 1. The number of primary amides is 2. The van der Waals surface area contributed by atoms with Crippen LogP contribution < -0.4 is 55.8 Å². The monoisotopic (exact) mass is 1570 g/mol. The quantitative estimate of drug-likeness (QED) is 0.0260. The van der Waals surface area contributed by atoms with Crippen molar-refractivity contribution in [3.63, 3.8) is 0 Å². The van der Waals surface area contributed by atoms with Gasteiger partial charge in [-0.25, -0.2) is 24.9 Å². The third-order valence-corrected chi connectivity index (χ3v) is 21.4. The number of ether oxygens (including phenoxy) is 2. The van der Waals surface area contributed by atoms with Crippen LogP contribution in [0.2, 0.25) is 5.02 Å². The maximum absolute atomic E-state index is 18.4. The molecule has 3 aliphatic rings. The van der Waals surface area contributed by atoms with E-state index >= 15 is 9.59 Å². The fourth-order valence-electron chi connectivity index (χ4n) is 15.4. The molecule has 4 atom stereocenters. The number of nitrogens with zero attached hydrogens (tertiary/aromatic N) is 20. The van der Waals surface area contributed by atoms with Crippen LogP contribution in [0.3, 0.4) is 0 Å². The largest absolute Gasteiger partial charge is 0.496 e. The van der Waals surface area contributed by atoms with Crippen molar-refractivity contribution in [1.82, 2.24) is 44.8 Å². The Bertz CT molecular complexity index is 5080. The van der Waals surface area contributed by atoms with E-state index < -0.39 is 54.1 Å². The van der Waals surface area contributed by atoms with E-state index in [0.29, 0.717) is 119 Å². The highest BCUT2D eigenvalue weighted by Crippen LogP contribution is 2.49. The lowest BCUT2D eigenvalue weighted by Gasteiger charge is -2.54. The van der Waals surface area contributed by atoms with E-state index in [0.717, 1.165) is 41.6 Å². The van der Waals surface area contributed by atoms with Gasteiger partial charge in [0.1, 0.15) is 48.9 Å². The van der Waals surface area contributed by atoms with Gasteiger partial charge in [0.25, 0.3) is 11.8 Å². The Morgan fingerprint density at radius 2 is 1.15 bits per heavy atom. The van der Waals surface area contributed by atoms with E-state index in [-0.39, 0.29) is 59.9 Å². The normalized spacial score (nSPS) is 14.9. The standard InChI is InChI=1S/C64H68ClN17O4.C23H24N6O/c1-85-54-20-12-11-19-52(54)53(45-68)82(64(58(69)83,44-48-15-7-3-8-16-48)81(34-29-67)56-26-31-70-60(75-56)73-46-49-17-9-4-10-18-49)59(84)63(43-47-13-5-2-6-14-47,55-25-30-71-61(74-55)79-39-41-86-42-40-79)80(33-28-66)57-27-32-72-62(76-57)78-37-35-77(36-38-78)51-23-21-50(65)22-24-51;1-28(17-19-10-6-3-7-11-19)23-26-14-12-21(27-23)29(15-13-24)20(22(25)30)16-18-8-4-2-5-9-18/h3-4,7-12,15-27,30-32,47,53H,2,5-6,13-14,33-44,46H2,1H3,(H2,69,83)(H,70,73,75);2-12,14,20H,15-17H2,1H3,(H2,25,30)/t53?,63-,64+;20-/m10/s1. The van der Waals surface area contributed by atoms with Gasteiger partial charge in [-0.2, -0.15) is 36.0 Å². The second-order valence-corrected chi connectivity index (χ2v) is 28.8. The first-order chi connectivity index (χ1) is 56.7. The molecule has 28 nitrogen and oxygen atoms in total. The summed E-state index contributed by atoms with van der Waals surface area (Å²) in [7, 11) is 3.36. The zero-order valence-electron chi connectivity index (χ0n) is 64.9. The van der Waals surface area contributed by atoms with Gasteiger partial charge >= 0.3 is 0 Å². The molecule has 0 spiro atoms. The van der Waals surface area contributed by atoms with Crippen LogP contribution in [0.15, 0.2) is 219 Å². The van der Waals surface area contributed by atoms with Crippen molar-refractivity contribution in [3.05, 3.63) is 257 Å². The summed E-state index contributed by atoms with van der Waals surface area (Å²) >= 11 is 6.27. The minimum Gasteiger partial charge on any atom is -0.496 e. The Labute approximate surface area is 680 Å². The molecule has 6 heterocycles. The number of morpholine rings is 1. The number of carbonyl (C=O) groups is 3. The Morgan fingerprint density at radius 3 is 1.78 bits per heavy atom. The van der Waals surface area contributed by atoms with Crippen LogP contribution in [0.25, 0.3) is 0 Å². The number of amides is 3. The Hall–Kier alpha value is -13.5. The first kappa shape index (κ1) is 81.9. The smallest absolute Gasteiger partial charge is 0.264 e. The number of methoxy groups -OCH3 is 1.